The van der Waals surface area contributed by atoms with E-state index in [2.05, 4.69) is 25.8 Å². The van der Waals surface area contributed by atoms with Crippen LogP contribution >= 0.6 is 0 Å². The summed E-state index contributed by atoms with van der Waals surface area (Å²) in [5, 5.41) is 0. The molecule has 0 saturated carbocycles. The molecule has 0 unspecified atom stereocenters. The molecule has 2 atom stereocenters. The van der Waals surface area contributed by atoms with Crippen LogP contribution < -0.4 is 5.73 Å². The van der Waals surface area contributed by atoms with E-state index in [1.165, 1.54) is 32.2 Å². The lowest BCUT2D eigenvalue weighted by atomic mass is 9.89. The molecule has 1 aliphatic heterocycles. The Labute approximate surface area is 88.8 Å². The molecule has 1 saturated heterocycles. The Kier molecular flexibility index (Phi) is 4.90. The minimum absolute atomic E-state index is 0.725. The molecular formula is C12H26N2. The summed E-state index contributed by atoms with van der Waals surface area (Å²) in [7, 11) is 2.26. The van der Waals surface area contributed by atoms with Crippen LogP contribution in [0.4, 0.5) is 0 Å². The third-order valence-electron chi connectivity index (χ3n) is 3.46. The van der Waals surface area contributed by atoms with Crippen LogP contribution in [-0.2, 0) is 0 Å². The van der Waals surface area contributed by atoms with E-state index in [-0.39, 0.29) is 0 Å². The van der Waals surface area contributed by atoms with E-state index in [9.17, 15) is 0 Å². The van der Waals surface area contributed by atoms with Gasteiger partial charge in [-0.15, -0.1) is 0 Å². The summed E-state index contributed by atoms with van der Waals surface area (Å²) >= 11 is 0. The fourth-order valence-corrected chi connectivity index (χ4v) is 2.62. The number of rotatable bonds is 3. The van der Waals surface area contributed by atoms with E-state index in [1.807, 2.05) is 0 Å². The lowest BCUT2D eigenvalue weighted by Gasteiger charge is -2.33. The highest BCUT2D eigenvalue weighted by Crippen LogP contribution is 2.25. The molecule has 0 bridgehead atoms. The second-order valence-electron chi connectivity index (χ2n) is 5.17. The number of hydrogen-bond acceptors (Lipinski definition) is 2. The molecule has 0 spiro atoms. The van der Waals surface area contributed by atoms with Gasteiger partial charge in [-0.3, -0.25) is 0 Å². The monoisotopic (exact) mass is 198 g/mol. The van der Waals surface area contributed by atoms with E-state index in [0.717, 1.165) is 24.4 Å². The lowest BCUT2D eigenvalue weighted by molar-refractivity contribution is 0.167. The first-order valence-corrected chi connectivity index (χ1v) is 6.05. The summed E-state index contributed by atoms with van der Waals surface area (Å²) < 4.78 is 0. The molecule has 0 aromatic carbocycles. The van der Waals surface area contributed by atoms with Gasteiger partial charge in [-0.05, 0) is 51.2 Å². The lowest BCUT2D eigenvalue weighted by Crippen LogP contribution is -2.40. The maximum atomic E-state index is 5.87. The van der Waals surface area contributed by atoms with E-state index >= 15 is 0 Å². The normalized spacial score (nSPS) is 30.6. The van der Waals surface area contributed by atoms with Crippen LogP contribution in [0.5, 0.6) is 0 Å². The molecular weight excluding hydrogens is 172 g/mol. The smallest absolute Gasteiger partial charge is 0.0135 e. The molecule has 1 fully saturated rings. The maximum absolute atomic E-state index is 5.87. The Morgan fingerprint density at radius 1 is 1.36 bits per heavy atom. The molecule has 2 nitrogen and oxygen atoms in total. The van der Waals surface area contributed by atoms with Crippen molar-refractivity contribution in [2.24, 2.45) is 17.6 Å². The first-order valence-electron chi connectivity index (χ1n) is 6.05. The van der Waals surface area contributed by atoms with Crippen molar-refractivity contribution in [3.05, 3.63) is 0 Å². The first kappa shape index (κ1) is 12.0. The summed E-state index contributed by atoms with van der Waals surface area (Å²) in [6.45, 7) is 6.74. The van der Waals surface area contributed by atoms with Gasteiger partial charge in [0.05, 0.1) is 0 Å². The Morgan fingerprint density at radius 2 is 2.07 bits per heavy atom. The molecule has 0 amide bonds. The van der Waals surface area contributed by atoms with Crippen molar-refractivity contribution in [2.75, 3.05) is 20.1 Å². The van der Waals surface area contributed by atoms with Crippen molar-refractivity contribution >= 4 is 0 Å². The Bertz CT molecular complexity index is 156. The predicted octanol–water partition coefficient (Wildman–Crippen LogP) is 2.09. The van der Waals surface area contributed by atoms with Crippen molar-refractivity contribution in [1.29, 1.82) is 0 Å². The molecule has 0 aromatic rings. The highest BCUT2D eigenvalue weighted by atomic mass is 15.1. The number of nitrogens with zero attached hydrogens (tertiary/aromatic N) is 1. The minimum Gasteiger partial charge on any atom is -0.330 e. The van der Waals surface area contributed by atoms with Crippen LogP contribution in [0.3, 0.4) is 0 Å². The fourth-order valence-electron chi connectivity index (χ4n) is 2.62. The van der Waals surface area contributed by atoms with Gasteiger partial charge in [-0.1, -0.05) is 20.3 Å². The Balaban J connectivity index is 2.59. The zero-order chi connectivity index (χ0) is 10.6. The standard InChI is InChI=1S/C12H26N2/c1-10(2)8-12-11(9-13)6-4-5-7-14(12)3/h10-12H,4-9,13H2,1-3H3/t11-,12-/m1/s1. The molecule has 84 valence electrons. The van der Waals surface area contributed by atoms with E-state index in [0.29, 0.717) is 0 Å². The number of likely N-dealkylation sites (tertiary alicyclic amines) is 1. The quantitative estimate of drug-likeness (QED) is 0.752. The Hall–Kier alpha value is -0.0800. The van der Waals surface area contributed by atoms with E-state index in [4.69, 9.17) is 5.73 Å². The van der Waals surface area contributed by atoms with Gasteiger partial charge in [-0.25, -0.2) is 0 Å². The van der Waals surface area contributed by atoms with Gasteiger partial charge in [0.2, 0.25) is 0 Å². The third-order valence-corrected chi connectivity index (χ3v) is 3.46. The van der Waals surface area contributed by atoms with Crippen molar-refractivity contribution in [3.8, 4) is 0 Å². The molecule has 2 heteroatoms. The van der Waals surface area contributed by atoms with Crippen LogP contribution in [0.25, 0.3) is 0 Å². The summed E-state index contributed by atoms with van der Waals surface area (Å²) in [5.74, 6) is 1.51. The SMILES string of the molecule is CC(C)C[C@@H]1[C@@H](CN)CCCCN1C. The molecule has 0 aliphatic carbocycles. The summed E-state index contributed by atoms with van der Waals surface area (Å²) in [4.78, 5) is 2.53. The topological polar surface area (TPSA) is 29.3 Å². The van der Waals surface area contributed by atoms with Crippen molar-refractivity contribution < 1.29 is 0 Å². The minimum atomic E-state index is 0.725. The first-order chi connectivity index (χ1) is 6.65. The van der Waals surface area contributed by atoms with Crippen LogP contribution in [-0.4, -0.2) is 31.1 Å². The molecule has 1 aliphatic rings. The third kappa shape index (κ3) is 3.25. The van der Waals surface area contributed by atoms with Crippen LogP contribution in [0.2, 0.25) is 0 Å². The van der Waals surface area contributed by atoms with Crippen LogP contribution in [0, 0.1) is 11.8 Å². The molecule has 0 aromatic heterocycles. The second kappa shape index (κ2) is 5.72. The second-order valence-corrected chi connectivity index (χ2v) is 5.17. The Morgan fingerprint density at radius 3 is 2.64 bits per heavy atom. The number of hydrogen-bond donors (Lipinski definition) is 1. The van der Waals surface area contributed by atoms with Crippen molar-refractivity contribution in [3.63, 3.8) is 0 Å². The van der Waals surface area contributed by atoms with E-state index in [1.54, 1.807) is 0 Å². The molecule has 14 heavy (non-hydrogen) atoms. The van der Waals surface area contributed by atoms with Crippen molar-refractivity contribution in [2.45, 2.75) is 45.6 Å². The fraction of sp³-hybridized carbons (Fsp3) is 1.00. The zero-order valence-corrected chi connectivity index (χ0v) is 10.00. The molecule has 0 radical (unpaired) electrons. The van der Waals surface area contributed by atoms with Gasteiger partial charge in [0.15, 0.2) is 0 Å². The highest BCUT2D eigenvalue weighted by Gasteiger charge is 2.26. The molecule has 2 N–H and O–H groups in total. The van der Waals surface area contributed by atoms with Gasteiger partial charge >= 0.3 is 0 Å². The summed E-state index contributed by atoms with van der Waals surface area (Å²) in [6.07, 6.45) is 5.35. The van der Waals surface area contributed by atoms with Gasteiger partial charge in [0.25, 0.3) is 0 Å². The van der Waals surface area contributed by atoms with Gasteiger partial charge in [-0.2, -0.15) is 0 Å². The zero-order valence-electron chi connectivity index (χ0n) is 10.00. The average Bonchev–Trinajstić information content (AvgIpc) is 2.29. The highest BCUT2D eigenvalue weighted by molar-refractivity contribution is 4.82. The van der Waals surface area contributed by atoms with E-state index < -0.39 is 0 Å². The van der Waals surface area contributed by atoms with Crippen molar-refractivity contribution in [1.82, 2.24) is 4.90 Å². The number of nitrogens with two attached hydrogens (primary N) is 1. The van der Waals surface area contributed by atoms with Gasteiger partial charge < -0.3 is 10.6 Å². The van der Waals surface area contributed by atoms with Gasteiger partial charge in [0, 0.05) is 6.04 Å². The summed E-state index contributed by atoms with van der Waals surface area (Å²) in [5.41, 5.74) is 5.87. The van der Waals surface area contributed by atoms with Crippen LogP contribution in [0.1, 0.15) is 39.5 Å². The average molecular weight is 198 g/mol. The molecule has 1 heterocycles. The maximum Gasteiger partial charge on any atom is 0.0135 e. The van der Waals surface area contributed by atoms with Gasteiger partial charge in [0.1, 0.15) is 0 Å². The molecule has 1 rings (SSSR count). The van der Waals surface area contributed by atoms with Crippen LogP contribution in [0.15, 0.2) is 0 Å². The largest absolute Gasteiger partial charge is 0.330 e. The summed E-state index contributed by atoms with van der Waals surface area (Å²) in [6, 6.07) is 0.725. The predicted molar refractivity (Wildman–Crippen MR) is 62.3 cm³/mol.